The fourth-order valence-corrected chi connectivity index (χ4v) is 8.26. The number of esters is 1. The van der Waals surface area contributed by atoms with Crippen molar-refractivity contribution in [1.82, 2.24) is 0 Å². The number of ether oxygens (including phenoxy) is 9. The topological polar surface area (TPSA) is 148 Å². The maximum Gasteiger partial charge on any atom is 0.351 e. The van der Waals surface area contributed by atoms with Gasteiger partial charge in [-0.05, 0) is 38.8 Å². The average Bonchev–Trinajstić information content (AvgIpc) is 3.77. The quantitative estimate of drug-likeness (QED) is 0.0861. The Morgan fingerprint density at radius 2 is 1.62 bits per heavy atom. The Bertz CT molecular complexity index is 1400. The fraction of sp³-hybridized carbons (Fsp3) is 0.771. The van der Waals surface area contributed by atoms with Crippen LogP contribution in [-0.2, 0) is 61.7 Å². The SMILES string of the molecule is [C-]#[N+]C(C[C@H](C)[C@@H]1OC(=O)C[C@@H]1OCOC)(C[C@H](C)[C@@H]1O[C@H]([C@H](C[C@@H]2COC(C)(C)O2)OC)C[C@@H]1OCOC)OS(=O)(=O)c1ccc(C)cc1. The number of rotatable bonds is 19. The molecule has 14 nitrogen and oxygen atoms in total. The lowest BCUT2D eigenvalue weighted by Crippen LogP contribution is -2.43. The van der Waals surface area contributed by atoms with Crippen LogP contribution in [0.1, 0.15) is 65.4 Å². The zero-order valence-electron chi connectivity index (χ0n) is 30.3. The first kappa shape index (κ1) is 40.5. The second-order valence-corrected chi connectivity index (χ2v) is 15.5. The second kappa shape index (κ2) is 17.5. The zero-order chi connectivity index (χ0) is 36.7. The highest BCUT2D eigenvalue weighted by atomic mass is 32.2. The largest absolute Gasteiger partial charge is 0.459 e. The molecule has 0 saturated carbocycles. The zero-order valence-corrected chi connectivity index (χ0v) is 31.1. The third-order valence-electron chi connectivity index (χ3n) is 9.43. The summed E-state index contributed by atoms with van der Waals surface area (Å²) >= 11 is 0. The van der Waals surface area contributed by atoms with E-state index in [-0.39, 0.29) is 50.0 Å². The first-order valence-corrected chi connectivity index (χ1v) is 18.4. The molecule has 0 bridgehead atoms. The van der Waals surface area contributed by atoms with E-state index < -0.39 is 70.0 Å². The molecular weight excluding hydrogens is 674 g/mol. The van der Waals surface area contributed by atoms with Gasteiger partial charge < -0.3 is 42.6 Å². The van der Waals surface area contributed by atoms with Gasteiger partial charge in [-0.2, -0.15) is 12.6 Å². The molecule has 282 valence electrons. The van der Waals surface area contributed by atoms with Gasteiger partial charge in [0, 0.05) is 40.1 Å². The smallest absolute Gasteiger partial charge is 0.351 e. The predicted octanol–water partition coefficient (Wildman–Crippen LogP) is 4.38. The summed E-state index contributed by atoms with van der Waals surface area (Å²) in [6.45, 7) is 18.0. The highest BCUT2D eigenvalue weighted by molar-refractivity contribution is 7.86. The summed E-state index contributed by atoms with van der Waals surface area (Å²) in [6.07, 6.45) is -2.49. The van der Waals surface area contributed by atoms with Crippen LogP contribution in [0.4, 0.5) is 0 Å². The third kappa shape index (κ3) is 10.4. The minimum atomic E-state index is -4.41. The van der Waals surface area contributed by atoms with Gasteiger partial charge in [-0.25, -0.2) is 6.57 Å². The molecule has 0 aromatic heterocycles. The van der Waals surface area contributed by atoms with Gasteiger partial charge in [-0.15, -0.1) is 0 Å². The van der Waals surface area contributed by atoms with Crippen LogP contribution >= 0.6 is 0 Å². The van der Waals surface area contributed by atoms with E-state index in [1.807, 2.05) is 27.7 Å². The van der Waals surface area contributed by atoms with Crippen molar-refractivity contribution in [3.05, 3.63) is 41.2 Å². The second-order valence-electron chi connectivity index (χ2n) is 14.0. The maximum atomic E-state index is 13.8. The van der Waals surface area contributed by atoms with Gasteiger partial charge in [0.1, 0.15) is 25.8 Å². The number of nitrogens with zero attached hydrogens (tertiary/aromatic N) is 1. The van der Waals surface area contributed by atoms with Crippen molar-refractivity contribution >= 4 is 16.1 Å². The Morgan fingerprint density at radius 3 is 2.18 bits per heavy atom. The molecule has 0 N–H and O–H groups in total. The number of hydrogen-bond donors (Lipinski definition) is 0. The average molecular weight is 728 g/mol. The van der Waals surface area contributed by atoms with Gasteiger partial charge in [0.25, 0.3) is 0 Å². The summed E-state index contributed by atoms with van der Waals surface area (Å²) in [7, 11) is 0.198. The lowest BCUT2D eigenvalue weighted by Gasteiger charge is -2.32. The van der Waals surface area contributed by atoms with Crippen LogP contribution in [-0.4, -0.2) is 110 Å². The number of cyclic esters (lactones) is 1. The van der Waals surface area contributed by atoms with E-state index in [9.17, 15) is 13.2 Å². The normalized spacial score (nSPS) is 29.6. The molecule has 3 fully saturated rings. The molecule has 0 radical (unpaired) electrons. The minimum absolute atomic E-state index is 0.00825. The van der Waals surface area contributed by atoms with Gasteiger partial charge in [0.2, 0.25) is 0 Å². The number of benzene rings is 1. The van der Waals surface area contributed by atoms with E-state index in [4.69, 9.17) is 53.4 Å². The van der Waals surface area contributed by atoms with Crippen LogP contribution in [0, 0.1) is 25.3 Å². The van der Waals surface area contributed by atoms with Crippen molar-refractivity contribution < 1.29 is 60.0 Å². The van der Waals surface area contributed by atoms with Crippen molar-refractivity contribution in [2.45, 2.75) is 126 Å². The summed E-state index contributed by atoms with van der Waals surface area (Å²) in [5, 5.41) is 0. The first-order valence-electron chi connectivity index (χ1n) is 17.0. The minimum Gasteiger partial charge on any atom is -0.459 e. The van der Waals surface area contributed by atoms with E-state index >= 15 is 0 Å². The molecule has 0 aliphatic carbocycles. The lowest BCUT2D eigenvalue weighted by atomic mass is 9.84. The molecule has 4 rings (SSSR count). The van der Waals surface area contributed by atoms with Crippen LogP contribution in [0.3, 0.4) is 0 Å². The van der Waals surface area contributed by atoms with Crippen molar-refractivity contribution in [2.24, 2.45) is 11.8 Å². The molecule has 10 atom stereocenters. The van der Waals surface area contributed by atoms with Gasteiger partial charge in [-0.1, -0.05) is 31.5 Å². The van der Waals surface area contributed by atoms with Crippen LogP contribution in [0.2, 0.25) is 0 Å². The van der Waals surface area contributed by atoms with Gasteiger partial charge in [0.15, 0.2) is 5.79 Å². The number of carbonyl (C=O) groups is 1. The Labute approximate surface area is 296 Å². The van der Waals surface area contributed by atoms with Crippen LogP contribution in [0.5, 0.6) is 0 Å². The molecule has 0 spiro atoms. The van der Waals surface area contributed by atoms with Crippen LogP contribution < -0.4 is 0 Å². The molecule has 50 heavy (non-hydrogen) atoms. The van der Waals surface area contributed by atoms with Crippen molar-refractivity contribution in [3.63, 3.8) is 0 Å². The molecule has 3 saturated heterocycles. The molecule has 1 aromatic rings. The summed E-state index contributed by atoms with van der Waals surface area (Å²) in [4.78, 5) is 16.1. The summed E-state index contributed by atoms with van der Waals surface area (Å²) < 4.78 is 85.5. The van der Waals surface area contributed by atoms with Crippen LogP contribution in [0.15, 0.2) is 29.2 Å². The van der Waals surface area contributed by atoms with Gasteiger partial charge in [0.05, 0.1) is 61.3 Å². The Kier molecular flexibility index (Phi) is 14.2. The molecule has 3 heterocycles. The van der Waals surface area contributed by atoms with Crippen molar-refractivity contribution in [3.8, 4) is 0 Å². The van der Waals surface area contributed by atoms with E-state index in [1.165, 1.54) is 26.4 Å². The Balaban J connectivity index is 1.61. The molecule has 3 aliphatic rings. The summed E-state index contributed by atoms with van der Waals surface area (Å²) in [5.41, 5.74) is -1.04. The molecule has 15 heteroatoms. The number of methoxy groups -OCH3 is 3. The van der Waals surface area contributed by atoms with Crippen LogP contribution in [0.25, 0.3) is 4.85 Å². The van der Waals surface area contributed by atoms with E-state index in [0.717, 1.165) is 5.56 Å². The monoisotopic (exact) mass is 727 g/mol. The van der Waals surface area contributed by atoms with E-state index in [1.54, 1.807) is 26.2 Å². The van der Waals surface area contributed by atoms with Crippen molar-refractivity contribution in [2.75, 3.05) is 41.5 Å². The van der Waals surface area contributed by atoms with E-state index in [2.05, 4.69) is 4.85 Å². The molecule has 0 amide bonds. The highest BCUT2D eigenvalue weighted by Crippen LogP contribution is 2.42. The Hall–Kier alpha value is -2.23. The van der Waals surface area contributed by atoms with Gasteiger partial charge >= 0.3 is 21.8 Å². The molecular formula is C35H53NO13S. The van der Waals surface area contributed by atoms with E-state index in [0.29, 0.717) is 19.4 Å². The standard InChI is InChI=1S/C35H53NO13S/c1-22-10-12-26(13-11-22)50(38,39)49-35(36-6,18-24(3)33-30(44-21-41-8)16-31(37)47-33)17-23(2)32-29(43-20-40-7)15-28(46-32)27(42-9)14-25-19-45-34(4,5)48-25/h10-13,23-25,27-30,32-33H,14-21H2,1-5,7-9H3/t23-,24-,25+,27-,28-,29-,30-,32-,33-,35?/m0/s1. The number of carbonyl (C=O) groups excluding carboxylic acids is 1. The molecule has 1 aromatic carbocycles. The summed E-state index contributed by atoms with van der Waals surface area (Å²) in [5.74, 6) is -2.13. The lowest BCUT2D eigenvalue weighted by molar-refractivity contribution is -0.149. The number of hydrogen-bond acceptors (Lipinski definition) is 13. The maximum absolute atomic E-state index is 13.8. The van der Waals surface area contributed by atoms with Gasteiger partial charge in [-0.3, -0.25) is 9.64 Å². The van der Waals surface area contributed by atoms with Crippen molar-refractivity contribution in [1.29, 1.82) is 0 Å². The first-order chi connectivity index (χ1) is 23.6. The highest BCUT2D eigenvalue weighted by Gasteiger charge is 2.53. The molecule has 3 aliphatic heterocycles. The fourth-order valence-electron chi connectivity index (χ4n) is 7.11. The number of aryl methyl sites for hydroxylation is 1. The molecule has 1 unspecified atom stereocenters. The predicted molar refractivity (Wildman–Crippen MR) is 178 cm³/mol. The Morgan fingerprint density at radius 1 is 1.00 bits per heavy atom. The summed E-state index contributed by atoms with van der Waals surface area (Å²) in [6, 6.07) is 6.22. The third-order valence-corrected chi connectivity index (χ3v) is 10.8.